The number of rotatable bonds is 2. The highest BCUT2D eigenvalue weighted by Crippen LogP contribution is 2.27. The van der Waals surface area contributed by atoms with Gasteiger partial charge < -0.3 is 15.2 Å². The minimum Gasteiger partial charge on any atom is -0.383 e. The van der Waals surface area contributed by atoms with E-state index in [4.69, 9.17) is 5.73 Å². The Balaban J connectivity index is 2.24. The van der Waals surface area contributed by atoms with Gasteiger partial charge in [-0.05, 0) is 12.1 Å². The number of pyridine rings is 1. The molecular formula is C13H16N6. The summed E-state index contributed by atoms with van der Waals surface area (Å²) in [4.78, 5) is 10.7. The van der Waals surface area contributed by atoms with Crippen LogP contribution in [0.1, 0.15) is 0 Å². The Hall–Kier alpha value is -2.50. The molecule has 0 amide bonds. The van der Waals surface area contributed by atoms with Crippen LogP contribution in [0, 0.1) is 0 Å². The van der Waals surface area contributed by atoms with Gasteiger partial charge in [0.25, 0.3) is 0 Å². The van der Waals surface area contributed by atoms with Gasteiger partial charge in [0.1, 0.15) is 17.2 Å². The van der Waals surface area contributed by atoms with E-state index in [9.17, 15) is 0 Å². The van der Waals surface area contributed by atoms with Crippen LogP contribution in [0.2, 0.25) is 0 Å². The lowest BCUT2D eigenvalue weighted by Gasteiger charge is -2.12. The van der Waals surface area contributed by atoms with Gasteiger partial charge in [0.2, 0.25) is 0 Å². The number of anilines is 2. The van der Waals surface area contributed by atoms with Crippen molar-refractivity contribution >= 4 is 17.2 Å². The number of nitrogens with zero attached hydrogens (tertiary/aromatic N) is 5. The van der Waals surface area contributed by atoms with E-state index >= 15 is 0 Å². The Morgan fingerprint density at radius 1 is 1.26 bits per heavy atom. The summed E-state index contributed by atoms with van der Waals surface area (Å²) in [6.07, 6.45) is 5.49. The zero-order valence-corrected chi connectivity index (χ0v) is 11.2. The number of imidazole rings is 2. The number of nitrogen functional groups attached to an aromatic ring is 1. The molecule has 3 rings (SSSR count). The molecule has 6 nitrogen and oxygen atoms in total. The Morgan fingerprint density at radius 2 is 2.05 bits per heavy atom. The van der Waals surface area contributed by atoms with E-state index in [1.54, 1.807) is 12.5 Å². The van der Waals surface area contributed by atoms with E-state index in [1.807, 2.05) is 53.3 Å². The van der Waals surface area contributed by atoms with Gasteiger partial charge >= 0.3 is 0 Å². The van der Waals surface area contributed by atoms with Gasteiger partial charge in [-0.2, -0.15) is 0 Å². The highest BCUT2D eigenvalue weighted by atomic mass is 15.1. The molecule has 3 heterocycles. The maximum absolute atomic E-state index is 6.21. The second-order valence-electron chi connectivity index (χ2n) is 4.75. The summed E-state index contributed by atoms with van der Waals surface area (Å²) >= 11 is 0. The number of hydrogen-bond acceptors (Lipinski definition) is 4. The van der Waals surface area contributed by atoms with Crippen LogP contribution in [0.15, 0.2) is 30.9 Å². The van der Waals surface area contributed by atoms with Crippen molar-refractivity contribution in [2.75, 3.05) is 24.7 Å². The van der Waals surface area contributed by atoms with E-state index < -0.39 is 0 Å². The zero-order chi connectivity index (χ0) is 13.6. The fourth-order valence-corrected chi connectivity index (χ4v) is 2.09. The fraction of sp³-hybridized carbons (Fsp3) is 0.231. The second kappa shape index (κ2) is 4.01. The largest absolute Gasteiger partial charge is 0.383 e. The molecule has 0 saturated carbocycles. The molecule has 0 atom stereocenters. The Labute approximate surface area is 111 Å². The zero-order valence-electron chi connectivity index (χ0n) is 11.2. The van der Waals surface area contributed by atoms with Crippen LogP contribution >= 0.6 is 0 Å². The third-order valence-corrected chi connectivity index (χ3v) is 3.22. The average molecular weight is 256 g/mol. The molecule has 0 aliphatic rings. The van der Waals surface area contributed by atoms with E-state index in [2.05, 4.69) is 9.97 Å². The summed E-state index contributed by atoms with van der Waals surface area (Å²) in [5, 5.41) is 0. The molecular weight excluding hydrogens is 240 g/mol. The fourth-order valence-electron chi connectivity index (χ4n) is 2.09. The maximum Gasteiger partial charge on any atom is 0.139 e. The van der Waals surface area contributed by atoms with Crippen LogP contribution in [-0.2, 0) is 7.05 Å². The van der Waals surface area contributed by atoms with Crippen LogP contribution in [0.5, 0.6) is 0 Å². The van der Waals surface area contributed by atoms with Crippen molar-refractivity contribution < 1.29 is 0 Å². The van der Waals surface area contributed by atoms with E-state index in [1.165, 1.54) is 0 Å². The van der Waals surface area contributed by atoms with Crippen LogP contribution in [-0.4, -0.2) is 33.0 Å². The summed E-state index contributed by atoms with van der Waals surface area (Å²) in [6.45, 7) is 0. The second-order valence-corrected chi connectivity index (χ2v) is 4.75. The predicted molar refractivity (Wildman–Crippen MR) is 76.1 cm³/mol. The first kappa shape index (κ1) is 11.6. The van der Waals surface area contributed by atoms with Gasteiger partial charge in [-0.1, -0.05) is 0 Å². The van der Waals surface area contributed by atoms with Crippen molar-refractivity contribution in [1.29, 1.82) is 0 Å². The highest BCUT2D eigenvalue weighted by Gasteiger charge is 2.14. The van der Waals surface area contributed by atoms with Crippen molar-refractivity contribution in [2.24, 2.45) is 7.05 Å². The lowest BCUT2D eigenvalue weighted by Crippen LogP contribution is -2.09. The monoisotopic (exact) mass is 256 g/mol. The lowest BCUT2D eigenvalue weighted by atomic mass is 10.3. The summed E-state index contributed by atoms with van der Waals surface area (Å²) in [5.74, 6) is 0.627. The van der Waals surface area contributed by atoms with Crippen molar-refractivity contribution in [3.8, 4) is 11.4 Å². The highest BCUT2D eigenvalue weighted by molar-refractivity contribution is 5.73. The molecule has 19 heavy (non-hydrogen) atoms. The molecule has 0 aliphatic carbocycles. The molecule has 0 fully saturated rings. The topological polar surface area (TPSA) is 64.4 Å². The van der Waals surface area contributed by atoms with E-state index in [0.717, 1.165) is 22.7 Å². The smallest absolute Gasteiger partial charge is 0.139 e. The van der Waals surface area contributed by atoms with Crippen molar-refractivity contribution in [2.45, 2.75) is 0 Å². The first-order valence-electron chi connectivity index (χ1n) is 5.99. The minimum atomic E-state index is 0.627. The minimum absolute atomic E-state index is 0.627. The molecule has 2 N–H and O–H groups in total. The van der Waals surface area contributed by atoms with Crippen LogP contribution < -0.4 is 10.6 Å². The van der Waals surface area contributed by atoms with Gasteiger partial charge in [0, 0.05) is 27.3 Å². The van der Waals surface area contributed by atoms with Crippen LogP contribution in [0.3, 0.4) is 0 Å². The quantitative estimate of drug-likeness (QED) is 0.752. The molecule has 3 aromatic rings. The molecule has 0 spiro atoms. The Bertz CT molecular complexity index is 737. The molecule has 0 unspecified atom stereocenters. The number of fused-ring (bicyclic) bond motifs is 1. The van der Waals surface area contributed by atoms with Gasteiger partial charge in [-0.15, -0.1) is 0 Å². The molecule has 0 saturated heterocycles. The maximum atomic E-state index is 6.21. The number of aryl methyl sites for hydroxylation is 1. The molecule has 6 heteroatoms. The molecule has 0 bridgehead atoms. The Morgan fingerprint density at radius 3 is 2.68 bits per heavy atom. The standard InChI is InChI=1S/C13H16N6/c1-17(2)9-4-5-11-16-12(13(14)19(11)7-9)10-6-15-8-18(10)3/h4-8H,14H2,1-3H3. The number of aromatic nitrogens is 4. The van der Waals surface area contributed by atoms with Crippen LogP contribution in [0.25, 0.3) is 17.0 Å². The molecule has 0 aliphatic heterocycles. The van der Waals surface area contributed by atoms with E-state index in [0.29, 0.717) is 5.82 Å². The van der Waals surface area contributed by atoms with Crippen LogP contribution in [0.4, 0.5) is 11.5 Å². The molecule has 0 aromatic carbocycles. The number of hydrogen-bond donors (Lipinski definition) is 1. The first-order valence-corrected chi connectivity index (χ1v) is 5.99. The summed E-state index contributed by atoms with van der Waals surface area (Å²) in [6, 6.07) is 3.99. The normalized spacial score (nSPS) is 11.1. The number of nitrogens with two attached hydrogens (primary N) is 1. The summed E-state index contributed by atoms with van der Waals surface area (Å²) in [5.41, 5.74) is 9.79. The van der Waals surface area contributed by atoms with E-state index in [-0.39, 0.29) is 0 Å². The SMILES string of the molecule is CN(C)c1ccc2nc(-c3cncn3C)c(N)n2c1. The lowest BCUT2D eigenvalue weighted by molar-refractivity contribution is 0.918. The summed E-state index contributed by atoms with van der Waals surface area (Å²) < 4.78 is 3.81. The third kappa shape index (κ3) is 1.72. The van der Waals surface area contributed by atoms with Gasteiger partial charge in [0.15, 0.2) is 0 Å². The average Bonchev–Trinajstić information content (AvgIpc) is 2.93. The summed E-state index contributed by atoms with van der Waals surface area (Å²) in [7, 11) is 5.92. The Kier molecular flexibility index (Phi) is 2.45. The third-order valence-electron chi connectivity index (χ3n) is 3.22. The van der Waals surface area contributed by atoms with Gasteiger partial charge in [0.05, 0.1) is 23.9 Å². The van der Waals surface area contributed by atoms with Crippen molar-refractivity contribution in [3.63, 3.8) is 0 Å². The molecule has 98 valence electrons. The predicted octanol–water partition coefficient (Wildman–Crippen LogP) is 1.38. The van der Waals surface area contributed by atoms with Crippen molar-refractivity contribution in [1.82, 2.24) is 18.9 Å². The van der Waals surface area contributed by atoms with Crippen molar-refractivity contribution in [3.05, 3.63) is 30.9 Å². The first-order chi connectivity index (χ1) is 9.08. The van der Waals surface area contributed by atoms with Gasteiger partial charge in [-0.25, -0.2) is 9.97 Å². The molecule has 3 aromatic heterocycles. The van der Waals surface area contributed by atoms with Gasteiger partial charge in [-0.3, -0.25) is 4.40 Å². The molecule has 0 radical (unpaired) electrons.